The zero-order valence-corrected chi connectivity index (χ0v) is 17.1. The highest BCUT2D eigenvalue weighted by Gasteiger charge is 2.37. The Kier molecular flexibility index (Phi) is 6.29. The molecular formula is C21H18N4O7. The van der Waals surface area contributed by atoms with Crippen molar-refractivity contribution in [2.45, 2.75) is 6.92 Å². The third-order valence-corrected chi connectivity index (χ3v) is 4.38. The number of benzene rings is 2. The Morgan fingerprint density at radius 3 is 2.22 bits per heavy atom. The maximum Gasteiger partial charge on any atom is 0.338 e. The van der Waals surface area contributed by atoms with Gasteiger partial charge in [0.1, 0.15) is 0 Å². The van der Waals surface area contributed by atoms with Gasteiger partial charge in [0.2, 0.25) is 5.91 Å². The van der Waals surface area contributed by atoms with Crippen LogP contribution < -0.4 is 20.9 Å². The number of anilines is 2. The predicted molar refractivity (Wildman–Crippen MR) is 111 cm³/mol. The van der Waals surface area contributed by atoms with Gasteiger partial charge in [0.15, 0.2) is 6.61 Å². The molecule has 1 heterocycles. The van der Waals surface area contributed by atoms with Crippen LogP contribution in [0.5, 0.6) is 0 Å². The number of hydrogen-bond donors (Lipinski definition) is 3. The van der Waals surface area contributed by atoms with Crippen LogP contribution in [0.25, 0.3) is 0 Å². The Hall–Kier alpha value is -4.54. The van der Waals surface area contributed by atoms with Crippen molar-refractivity contribution >= 4 is 47.0 Å². The van der Waals surface area contributed by atoms with Crippen LogP contribution in [0.2, 0.25) is 0 Å². The molecule has 11 nitrogen and oxygen atoms in total. The van der Waals surface area contributed by atoms with Gasteiger partial charge in [0.05, 0.1) is 22.4 Å². The summed E-state index contributed by atoms with van der Waals surface area (Å²) in [6.07, 6.45) is 0. The van der Waals surface area contributed by atoms with Crippen molar-refractivity contribution in [3.05, 3.63) is 59.2 Å². The van der Waals surface area contributed by atoms with E-state index in [2.05, 4.69) is 10.6 Å². The lowest BCUT2D eigenvalue weighted by Crippen LogP contribution is -2.39. The van der Waals surface area contributed by atoms with Crippen molar-refractivity contribution in [2.75, 3.05) is 23.9 Å². The van der Waals surface area contributed by atoms with Gasteiger partial charge in [-0.1, -0.05) is 0 Å². The number of amides is 6. The second-order valence-corrected chi connectivity index (χ2v) is 6.64. The Balaban J connectivity index is 1.74. The second-order valence-electron chi connectivity index (χ2n) is 6.64. The van der Waals surface area contributed by atoms with Gasteiger partial charge in [-0.15, -0.1) is 0 Å². The van der Waals surface area contributed by atoms with Gasteiger partial charge >= 0.3 is 12.0 Å². The van der Waals surface area contributed by atoms with Crippen molar-refractivity contribution in [2.24, 2.45) is 0 Å². The molecule has 0 fully saturated rings. The summed E-state index contributed by atoms with van der Waals surface area (Å²) in [5.74, 6) is -3.20. The van der Waals surface area contributed by atoms with Crippen LogP contribution in [0.1, 0.15) is 38.0 Å². The van der Waals surface area contributed by atoms with E-state index in [9.17, 15) is 28.8 Å². The maximum absolute atomic E-state index is 12.8. The van der Waals surface area contributed by atoms with Crippen molar-refractivity contribution in [3.8, 4) is 0 Å². The largest absolute Gasteiger partial charge is 0.452 e. The molecular weight excluding hydrogens is 420 g/mol. The van der Waals surface area contributed by atoms with Gasteiger partial charge in [-0.2, -0.15) is 0 Å². The maximum atomic E-state index is 12.8. The van der Waals surface area contributed by atoms with Crippen LogP contribution >= 0.6 is 0 Å². The van der Waals surface area contributed by atoms with Crippen molar-refractivity contribution in [1.29, 1.82) is 0 Å². The first-order valence-electron chi connectivity index (χ1n) is 9.30. The minimum atomic E-state index is -0.904. The third kappa shape index (κ3) is 4.61. The van der Waals surface area contributed by atoms with Crippen molar-refractivity contribution in [1.82, 2.24) is 10.6 Å². The van der Waals surface area contributed by atoms with Gasteiger partial charge in [0.25, 0.3) is 17.7 Å². The minimum Gasteiger partial charge on any atom is -0.452 e. The van der Waals surface area contributed by atoms with Gasteiger partial charge in [-0.05, 0) is 42.5 Å². The molecule has 2 aromatic rings. The number of carbonyl (C=O) groups excluding carboxylic acids is 6. The lowest BCUT2D eigenvalue weighted by atomic mass is 10.1. The predicted octanol–water partition coefficient (Wildman–Crippen LogP) is 1.06. The fraction of sp³-hybridized carbons (Fsp3) is 0.143. The number of fused-ring (bicyclic) bond motifs is 1. The molecule has 0 atom stereocenters. The molecule has 3 N–H and O–H groups in total. The van der Waals surface area contributed by atoms with E-state index in [1.165, 1.54) is 44.3 Å². The molecule has 1 aliphatic heterocycles. The molecule has 32 heavy (non-hydrogen) atoms. The van der Waals surface area contributed by atoms with Crippen LogP contribution in [0.3, 0.4) is 0 Å². The van der Waals surface area contributed by atoms with E-state index in [1.54, 1.807) is 12.1 Å². The summed E-state index contributed by atoms with van der Waals surface area (Å²) in [5, 5.41) is 6.70. The molecule has 0 bridgehead atoms. The summed E-state index contributed by atoms with van der Waals surface area (Å²) in [6, 6.07) is 9.19. The lowest BCUT2D eigenvalue weighted by molar-refractivity contribution is -0.123. The van der Waals surface area contributed by atoms with E-state index in [0.29, 0.717) is 11.4 Å². The number of urea groups is 1. The third-order valence-electron chi connectivity index (χ3n) is 4.38. The van der Waals surface area contributed by atoms with Gasteiger partial charge in [0, 0.05) is 19.7 Å². The van der Waals surface area contributed by atoms with Crippen molar-refractivity contribution in [3.63, 3.8) is 0 Å². The van der Waals surface area contributed by atoms with Crippen LogP contribution in [0.4, 0.5) is 16.2 Å². The number of hydrogen-bond acceptors (Lipinski definition) is 7. The quantitative estimate of drug-likeness (QED) is 0.466. The van der Waals surface area contributed by atoms with Crippen LogP contribution in [0.15, 0.2) is 42.5 Å². The number of ether oxygens (including phenoxy) is 1. The molecule has 0 radical (unpaired) electrons. The zero-order chi connectivity index (χ0) is 23.4. The molecule has 0 saturated carbocycles. The standard InChI is InChI=1S/C21H18N4O7/c1-11(26)23-13-4-6-14(7-5-13)25-18(28)15-8-3-12(9-16(15)19(25)29)20(30)32-10-17(27)24-21(31)22-2/h3-9H,10H2,1-2H3,(H,23,26)(H2,22,24,27,31). The SMILES string of the molecule is CNC(=O)NC(=O)COC(=O)c1ccc2c(c1)C(=O)N(c1ccc(NC(C)=O)cc1)C2=O. The smallest absolute Gasteiger partial charge is 0.338 e. The average Bonchev–Trinajstić information content (AvgIpc) is 3.01. The number of rotatable bonds is 5. The minimum absolute atomic E-state index is 0.00481. The summed E-state index contributed by atoms with van der Waals surface area (Å²) in [4.78, 5) is 72.5. The van der Waals surface area contributed by atoms with Gasteiger partial charge in [-0.3, -0.25) is 24.5 Å². The van der Waals surface area contributed by atoms with E-state index in [-0.39, 0.29) is 22.6 Å². The van der Waals surface area contributed by atoms with Crippen molar-refractivity contribution < 1.29 is 33.5 Å². The molecule has 11 heteroatoms. The van der Waals surface area contributed by atoms with E-state index in [0.717, 1.165) is 4.90 Å². The number of nitrogens with one attached hydrogen (secondary N) is 3. The monoisotopic (exact) mass is 438 g/mol. The highest BCUT2D eigenvalue weighted by molar-refractivity contribution is 6.34. The van der Waals surface area contributed by atoms with E-state index >= 15 is 0 Å². The molecule has 0 aromatic heterocycles. The molecule has 0 saturated heterocycles. The average molecular weight is 438 g/mol. The number of imide groups is 2. The zero-order valence-electron chi connectivity index (χ0n) is 17.1. The molecule has 0 spiro atoms. The summed E-state index contributed by atoms with van der Waals surface area (Å²) in [5.41, 5.74) is 0.865. The Morgan fingerprint density at radius 1 is 0.938 bits per heavy atom. The topological polar surface area (TPSA) is 151 Å². The number of nitrogens with zero attached hydrogens (tertiary/aromatic N) is 1. The number of carbonyl (C=O) groups is 6. The molecule has 1 aliphatic rings. The van der Waals surface area contributed by atoms with Gasteiger partial charge < -0.3 is 15.4 Å². The molecule has 3 rings (SSSR count). The Morgan fingerprint density at radius 2 is 1.59 bits per heavy atom. The summed E-state index contributed by atoms with van der Waals surface area (Å²) < 4.78 is 4.84. The Bertz CT molecular complexity index is 1140. The molecule has 0 unspecified atom stereocenters. The normalized spacial score (nSPS) is 12.1. The Labute approximate surface area is 181 Å². The summed E-state index contributed by atoms with van der Waals surface area (Å²) >= 11 is 0. The molecule has 2 aromatic carbocycles. The van der Waals surface area contributed by atoms with Crippen LogP contribution in [-0.2, 0) is 14.3 Å². The molecule has 6 amide bonds. The second kappa shape index (κ2) is 9.08. The fourth-order valence-corrected chi connectivity index (χ4v) is 2.94. The van der Waals surface area contributed by atoms with Gasteiger partial charge in [-0.25, -0.2) is 14.5 Å². The molecule has 164 valence electrons. The van der Waals surface area contributed by atoms with Crippen LogP contribution in [-0.4, -0.2) is 49.3 Å². The fourth-order valence-electron chi connectivity index (χ4n) is 2.94. The first-order valence-corrected chi connectivity index (χ1v) is 9.30. The van der Waals surface area contributed by atoms with E-state index in [1.807, 2.05) is 5.32 Å². The molecule has 0 aliphatic carbocycles. The lowest BCUT2D eigenvalue weighted by Gasteiger charge is -2.14. The summed E-state index contributed by atoms with van der Waals surface area (Å²) in [7, 11) is 1.32. The first-order chi connectivity index (χ1) is 15.2. The van der Waals surface area contributed by atoms with E-state index < -0.39 is 36.3 Å². The highest BCUT2D eigenvalue weighted by atomic mass is 16.5. The number of esters is 1. The van der Waals surface area contributed by atoms with Crippen LogP contribution in [0, 0.1) is 0 Å². The highest BCUT2D eigenvalue weighted by Crippen LogP contribution is 2.30. The van der Waals surface area contributed by atoms with E-state index in [4.69, 9.17) is 4.74 Å². The summed E-state index contributed by atoms with van der Waals surface area (Å²) in [6.45, 7) is 0.651. The first kappa shape index (κ1) is 22.2.